The fourth-order valence-electron chi connectivity index (χ4n) is 3.66. The highest BCUT2D eigenvalue weighted by atomic mass is 35.5. The molecular weight excluding hydrogens is 526 g/mol. The topological polar surface area (TPSA) is 106 Å². The van der Waals surface area contributed by atoms with Crippen molar-refractivity contribution in [2.45, 2.75) is 6.61 Å². The molecule has 200 valence electrons. The number of hydrogen-bond donors (Lipinski definition) is 3. The number of para-hydroxylation sites is 2. The van der Waals surface area contributed by atoms with Gasteiger partial charge in [-0.05, 0) is 54.1 Å². The van der Waals surface area contributed by atoms with Crippen LogP contribution in [0.2, 0.25) is 5.02 Å². The lowest BCUT2D eigenvalue weighted by molar-refractivity contribution is 0.284. The second kappa shape index (κ2) is 13.1. The maximum absolute atomic E-state index is 6.24. The van der Waals surface area contributed by atoms with Crippen molar-refractivity contribution in [2.24, 2.45) is 5.10 Å². The normalized spacial score (nSPS) is 10.8. The molecule has 0 aliphatic heterocycles. The first-order valence-corrected chi connectivity index (χ1v) is 12.8. The minimum Gasteiger partial charge on any atom is -0.493 e. The summed E-state index contributed by atoms with van der Waals surface area (Å²) in [5, 5.41) is 11.4. The molecule has 0 spiro atoms. The largest absolute Gasteiger partial charge is 0.493 e. The molecule has 5 rings (SSSR count). The van der Waals surface area contributed by atoms with Crippen LogP contribution in [-0.2, 0) is 6.61 Å². The van der Waals surface area contributed by atoms with Gasteiger partial charge in [0.25, 0.3) is 0 Å². The minimum absolute atomic E-state index is 0.259. The number of benzene rings is 4. The van der Waals surface area contributed by atoms with Gasteiger partial charge >= 0.3 is 0 Å². The fraction of sp³-hybridized carbons (Fsp3) is 0.0667. The molecule has 0 aliphatic rings. The summed E-state index contributed by atoms with van der Waals surface area (Å²) >= 11 is 6.24. The molecular formula is C30H26ClN7O2. The maximum atomic E-state index is 6.24. The van der Waals surface area contributed by atoms with E-state index in [-0.39, 0.29) is 5.95 Å². The number of nitrogens with one attached hydrogen (secondary N) is 3. The standard InChI is InChI=1S/C30H26ClN7O2/c1-39-27-18-21(16-17-26(27)40-20-22-10-8-9-15-25(22)31)19-32-38-30-36-28(33-23-11-4-2-5-12-23)35-29(37-30)34-24-13-6-3-7-14-24/h2-19H,20H2,1H3,(H3,33,34,35,36,37,38)/b32-19-. The second-order valence-electron chi connectivity index (χ2n) is 8.45. The van der Waals surface area contributed by atoms with E-state index in [4.69, 9.17) is 21.1 Å². The summed E-state index contributed by atoms with van der Waals surface area (Å²) < 4.78 is 11.5. The van der Waals surface area contributed by atoms with E-state index in [1.54, 1.807) is 13.3 Å². The van der Waals surface area contributed by atoms with Crippen LogP contribution in [0.1, 0.15) is 11.1 Å². The van der Waals surface area contributed by atoms with Crippen molar-refractivity contribution in [3.05, 3.63) is 119 Å². The van der Waals surface area contributed by atoms with Gasteiger partial charge in [-0.3, -0.25) is 0 Å². The fourth-order valence-corrected chi connectivity index (χ4v) is 3.85. The molecule has 0 aliphatic carbocycles. The van der Waals surface area contributed by atoms with Gasteiger partial charge in [0.1, 0.15) is 6.61 Å². The van der Waals surface area contributed by atoms with E-state index in [1.165, 1.54) is 0 Å². The molecule has 0 atom stereocenters. The summed E-state index contributed by atoms with van der Waals surface area (Å²) in [6.45, 7) is 0.323. The summed E-state index contributed by atoms with van der Waals surface area (Å²) in [6.07, 6.45) is 1.64. The molecule has 0 unspecified atom stereocenters. The minimum atomic E-state index is 0.259. The predicted molar refractivity (Wildman–Crippen MR) is 159 cm³/mol. The highest BCUT2D eigenvalue weighted by Gasteiger charge is 2.09. The number of rotatable bonds is 11. The number of hydrazone groups is 1. The number of aromatic nitrogens is 3. The smallest absolute Gasteiger partial charge is 0.250 e. The Balaban J connectivity index is 1.30. The van der Waals surface area contributed by atoms with Crippen molar-refractivity contribution < 1.29 is 9.47 Å². The van der Waals surface area contributed by atoms with Crippen LogP contribution in [0.4, 0.5) is 29.2 Å². The van der Waals surface area contributed by atoms with Gasteiger partial charge in [-0.1, -0.05) is 66.2 Å². The molecule has 0 bridgehead atoms. The van der Waals surface area contributed by atoms with Crippen molar-refractivity contribution in [1.82, 2.24) is 15.0 Å². The highest BCUT2D eigenvalue weighted by Crippen LogP contribution is 2.29. The quantitative estimate of drug-likeness (QED) is 0.118. The Labute approximate surface area is 236 Å². The van der Waals surface area contributed by atoms with Crippen LogP contribution < -0.4 is 25.5 Å². The molecule has 0 saturated carbocycles. The molecule has 5 aromatic rings. The summed E-state index contributed by atoms with van der Waals surface area (Å²) in [5.41, 5.74) is 6.26. The van der Waals surface area contributed by atoms with E-state index >= 15 is 0 Å². The van der Waals surface area contributed by atoms with E-state index in [0.29, 0.717) is 35.0 Å². The third-order valence-corrected chi connectivity index (χ3v) is 5.97. The average molecular weight is 552 g/mol. The molecule has 0 radical (unpaired) electrons. The molecule has 0 saturated heterocycles. The van der Waals surface area contributed by atoms with E-state index < -0.39 is 0 Å². The van der Waals surface area contributed by atoms with Gasteiger partial charge < -0.3 is 20.1 Å². The van der Waals surface area contributed by atoms with E-state index in [2.05, 4.69) is 36.1 Å². The Kier molecular flexibility index (Phi) is 8.65. The molecule has 1 heterocycles. The lowest BCUT2D eigenvalue weighted by Crippen LogP contribution is -2.07. The first-order chi connectivity index (χ1) is 19.7. The molecule has 1 aromatic heterocycles. The van der Waals surface area contributed by atoms with Crippen molar-refractivity contribution >= 4 is 47.0 Å². The van der Waals surface area contributed by atoms with Gasteiger partial charge in [0, 0.05) is 22.0 Å². The monoisotopic (exact) mass is 551 g/mol. The first-order valence-electron chi connectivity index (χ1n) is 12.4. The van der Waals surface area contributed by atoms with E-state index in [0.717, 1.165) is 22.5 Å². The molecule has 4 aromatic carbocycles. The van der Waals surface area contributed by atoms with Crippen LogP contribution >= 0.6 is 11.6 Å². The van der Waals surface area contributed by atoms with Gasteiger partial charge in [-0.2, -0.15) is 20.1 Å². The third-order valence-electron chi connectivity index (χ3n) is 5.60. The Morgan fingerprint density at radius 2 is 1.32 bits per heavy atom. The number of ether oxygens (including phenoxy) is 2. The molecule has 3 N–H and O–H groups in total. The SMILES string of the molecule is COc1cc(/C=N\Nc2nc(Nc3ccccc3)nc(Nc3ccccc3)n2)ccc1OCc1ccccc1Cl. The molecule has 10 heteroatoms. The van der Waals surface area contributed by atoms with Crippen LogP contribution in [0.15, 0.2) is 108 Å². The van der Waals surface area contributed by atoms with Crippen molar-refractivity contribution in [3.8, 4) is 11.5 Å². The van der Waals surface area contributed by atoms with Gasteiger partial charge in [-0.25, -0.2) is 5.43 Å². The Morgan fingerprint density at radius 3 is 1.95 bits per heavy atom. The van der Waals surface area contributed by atoms with Crippen molar-refractivity contribution in [1.29, 1.82) is 0 Å². The third kappa shape index (κ3) is 7.24. The van der Waals surface area contributed by atoms with Crippen LogP contribution in [-0.4, -0.2) is 28.3 Å². The van der Waals surface area contributed by atoms with Crippen molar-refractivity contribution in [3.63, 3.8) is 0 Å². The summed E-state index contributed by atoms with van der Waals surface area (Å²) in [5.74, 6) is 2.14. The van der Waals surface area contributed by atoms with Gasteiger partial charge in [0.2, 0.25) is 17.8 Å². The predicted octanol–water partition coefficient (Wildman–Crippen LogP) is 7.05. The summed E-state index contributed by atoms with van der Waals surface area (Å²) in [6, 6.07) is 32.4. The molecule has 0 fully saturated rings. The van der Waals surface area contributed by atoms with Crippen LogP contribution in [0, 0.1) is 0 Å². The Hall–Kier alpha value is -5.15. The summed E-state index contributed by atoms with van der Waals surface area (Å²) in [4.78, 5) is 13.4. The molecule has 40 heavy (non-hydrogen) atoms. The average Bonchev–Trinajstić information content (AvgIpc) is 2.98. The zero-order valence-electron chi connectivity index (χ0n) is 21.6. The van der Waals surface area contributed by atoms with E-state index in [9.17, 15) is 0 Å². The molecule has 9 nitrogen and oxygen atoms in total. The number of anilines is 5. The highest BCUT2D eigenvalue weighted by molar-refractivity contribution is 6.31. The number of methoxy groups -OCH3 is 1. The van der Waals surface area contributed by atoms with E-state index in [1.807, 2.05) is 103 Å². The summed E-state index contributed by atoms with van der Waals surface area (Å²) in [7, 11) is 1.59. The number of nitrogens with zero attached hydrogens (tertiary/aromatic N) is 4. The zero-order valence-corrected chi connectivity index (χ0v) is 22.3. The van der Waals surface area contributed by atoms with Crippen LogP contribution in [0.25, 0.3) is 0 Å². The van der Waals surface area contributed by atoms with Crippen molar-refractivity contribution in [2.75, 3.05) is 23.2 Å². The number of hydrogen-bond acceptors (Lipinski definition) is 9. The Morgan fingerprint density at radius 1 is 0.725 bits per heavy atom. The van der Waals surface area contributed by atoms with Crippen LogP contribution in [0.5, 0.6) is 11.5 Å². The maximum Gasteiger partial charge on any atom is 0.250 e. The van der Waals surface area contributed by atoms with Crippen LogP contribution in [0.3, 0.4) is 0 Å². The Bertz CT molecular complexity index is 1520. The molecule has 0 amide bonds. The van der Waals surface area contributed by atoms with Gasteiger partial charge in [0.15, 0.2) is 11.5 Å². The first kappa shape index (κ1) is 26.5. The lowest BCUT2D eigenvalue weighted by Gasteiger charge is -2.12. The number of halogens is 1. The second-order valence-corrected chi connectivity index (χ2v) is 8.86. The van der Waals surface area contributed by atoms with Gasteiger partial charge in [0.05, 0.1) is 13.3 Å². The lowest BCUT2D eigenvalue weighted by atomic mass is 10.2. The van der Waals surface area contributed by atoms with Gasteiger partial charge in [-0.15, -0.1) is 0 Å². The zero-order chi connectivity index (χ0) is 27.6.